The Bertz CT molecular complexity index is 1050. The van der Waals surface area contributed by atoms with E-state index in [1.807, 2.05) is 13.8 Å². The van der Waals surface area contributed by atoms with Gasteiger partial charge in [-0.2, -0.15) is 9.29 Å². The fourth-order valence-electron chi connectivity index (χ4n) is 3.43. The minimum Gasteiger partial charge on any atom is -0.361 e. The third-order valence-corrected chi connectivity index (χ3v) is 8.18. The SMILES string of the molecule is Cc1noc([C@@H]2CCCCN2S(=O)(=O)c2ccc(-c3c(C)noc3C)s2)n1. The Hall–Kier alpha value is -2.04. The van der Waals surface area contributed by atoms with Crippen LogP contribution in [-0.2, 0) is 10.0 Å². The van der Waals surface area contributed by atoms with E-state index >= 15 is 0 Å². The van der Waals surface area contributed by atoms with Crippen molar-refractivity contribution in [3.05, 3.63) is 35.3 Å². The molecule has 0 unspecified atom stereocenters. The number of rotatable bonds is 4. The highest BCUT2D eigenvalue weighted by molar-refractivity contribution is 7.91. The lowest BCUT2D eigenvalue weighted by molar-refractivity contribution is 0.205. The number of sulfonamides is 1. The van der Waals surface area contributed by atoms with Gasteiger partial charge in [0.15, 0.2) is 5.82 Å². The highest BCUT2D eigenvalue weighted by Crippen LogP contribution is 2.39. The van der Waals surface area contributed by atoms with Gasteiger partial charge in [0, 0.05) is 11.4 Å². The Balaban J connectivity index is 1.70. The van der Waals surface area contributed by atoms with E-state index in [2.05, 4.69) is 15.3 Å². The molecule has 4 heterocycles. The lowest BCUT2D eigenvalue weighted by Gasteiger charge is -2.31. The molecular weight excluding hydrogens is 388 g/mol. The Morgan fingerprint density at radius 3 is 2.63 bits per heavy atom. The average Bonchev–Trinajstić information content (AvgIpc) is 3.36. The molecule has 1 atom stereocenters. The van der Waals surface area contributed by atoms with Crippen molar-refractivity contribution in [1.82, 2.24) is 19.6 Å². The second kappa shape index (κ2) is 6.84. The summed E-state index contributed by atoms with van der Waals surface area (Å²) < 4.78 is 38.9. The van der Waals surface area contributed by atoms with Crippen molar-refractivity contribution in [2.75, 3.05) is 6.54 Å². The first kappa shape index (κ1) is 18.3. The molecule has 0 saturated carbocycles. The zero-order valence-corrected chi connectivity index (χ0v) is 16.9. The van der Waals surface area contributed by atoms with Gasteiger partial charge in [0.25, 0.3) is 10.0 Å². The minimum atomic E-state index is -3.67. The first-order chi connectivity index (χ1) is 12.9. The second-order valence-electron chi connectivity index (χ2n) is 6.63. The summed E-state index contributed by atoms with van der Waals surface area (Å²) in [6.07, 6.45) is 2.40. The molecule has 0 spiro atoms. The topological polar surface area (TPSA) is 102 Å². The maximum absolute atomic E-state index is 13.3. The standard InChI is InChI=1S/C17H20N4O4S2/c1-10-16(11(2)24-19-10)14-7-8-15(26-14)27(22,23)21-9-5-4-6-13(21)17-18-12(3)20-25-17/h7-8,13H,4-6,9H2,1-3H3/t13-/m0/s1. The predicted octanol–water partition coefficient (Wildman–Crippen LogP) is 3.63. The van der Waals surface area contributed by atoms with Crippen LogP contribution in [0.3, 0.4) is 0 Å². The van der Waals surface area contributed by atoms with Crippen molar-refractivity contribution in [3.8, 4) is 10.4 Å². The van der Waals surface area contributed by atoms with Crippen molar-refractivity contribution in [3.63, 3.8) is 0 Å². The van der Waals surface area contributed by atoms with Crippen LogP contribution in [0.5, 0.6) is 0 Å². The van der Waals surface area contributed by atoms with Gasteiger partial charge >= 0.3 is 0 Å². The number of nitrogens with zero attached hydrogens (tertiary/aromatic N) is 4. The van der Waals surface area contributed by atoms with E-state index < -0.39 is 16.1 Å². The van der Waals surface area contributed by atoms with Crippen molar-refractivity contribution >= 4 is 21.4 Å². The largest absolute Gasteiger partial charge is 0.361 e. The van der Waals surface area contributed by atoms with Gasteiger partial charge in [0.1, 0.15) is 16.0 Å². The van der Waals surface area contributed by atoms with E-state index in [-0.39, 0.29) is 0 Å². The van der Waals surface area contributed by atoms with Gasteiger partial charge < -0.3 is 9.05 Å². The molecule has 3 aromatic heterocycles. The summed E-state index contributed by atoms with van der Waals surface area (Å²) in [7, 11) is -3.67. The maximum atomic E-state index is 13.3. The van der Waals surface area contributed by atoms with Gasteiger partial charge in [-0.1, -0.05) is 16.7 Å². The van der Waals surface area contributed by atoms with Gasteiger partial charge in [-0.05, 0) is 45.7 Å². The highest BCUT2D eigenvalue weighted by Gasteiger charge is 2.38. The first-order valence-corrected chi connectivity index (χ1v) is 11.0. The summed E-state index contributed by atoms with van der Waals surface area (Å²) in [5.41, 5.74) is 1.60. The van der Waals surface area contributed by atoms with Crippen LogP contribution in [0.25, 0.3) is 10.4 Å². The molecule has 1 saturated heterocycles. The van der Waals surface area contributed by atoms with Crippen LogP contribution in [0.1, 0.15) is 48.5 Å². The van der Waals surface area contributed by atoms with Crippen molar-refractivity contribution in [2.45, 2.75) is 50.3 Å². The van der Waals surface area contributed by atoms with Crippen LogP contribution in [0.4, 0.5) is 0 Å². The van der Waals surface area contributed by atoms with Crippen molar-refractivity contribution < 1.29 is 17.5 Å². The van der Waals surface area contributed by atoms with E-state index in [1.165, 1.54) is 15.6 Å². The normalized spacial score (nSPS) is 18.9. The van der Waals surface area contributed by atoms with Gasteiger partial charge in [-0.3, -0.25) is 0 Å². The van der Waals surface area contributed by atoms with Crippen LogP contribution in [-0.4, -0.2) is 34.6 Å². The van der Waals surface area contributed by atoms with Gasteiger partial charge in [-0.25, -0.2) is 8.42 Å². The quantitative estimate of drug-likeness (QED) is 0.649. The molecular formula is C17H20N4O4S2. The monoisotopic (exact) mass is 408 g/mol. The Morgan fingerprint density at radius 2 is 1.96 bits per heavy atom. The molecule has 144 valence electrons. The van der Waals surface area contributed by atoms with Crippen molar-refractivity contribution in [1.29, 1.82) is 0 Å². The fraction of sp³-hybridized carbons (Fsp3) is 0.471. The molecule has 27 heavy (non-hydrogen) atoms. The lowest BCUT2D eigenvalue weighted by atomic mass is 10.1. The maximum Gasteiger partial charge on any atom is 0.253 e. The van der Waals surface area contributed by atoms with Crippen LogP contribution < -0.4 is 0 Å². The predicted molar refractivity (Wildman–Crippen MR) is 98.8 cm³/mol. The zero-order chi connectivity index (χ0) is 19.2. The molecule has 0 aromatic carbocycles. The molecule has 3 aromatic rings. The first-order valence-electron chi connectivity index (χ1n) is 8.73. The summed E-state index contributed by atoms with van der Waals surface area (Å²) in [5.74, 6) is 1.54. The summed E-state index contributed by atoms with van der Waals surface area (Å²) in [4.78, 5) is 5.09. The molecule has 4 rings (SSSR count). The number of aromatic nitrogens is 3. The van der Waals surface area contributed by atoms with Gasteiger partial charge in [-0.15, -0.1) is 11.3 Å². The van der Waals surface area contributed by atoms with E-state index in [9.17, 15) is 8.42 Å². The molecule has 10 heteroatoms. The van der Waals surface area contributed by atoms with E-state index in [0.717, 1.165) is 29.0 Å². The fourth-order valence-corrected chi connectivity index (χ4v) is 6.66. The Morgan fingerprint density at radius 1 is 1.15 bits per heavy atom. The molecule has 0 bridgehead atoms. The molecule has 0 amide bonds. The molecule has 0 aliphatic carbocycles. The van der Waals surface area contributed by atoms with Crippen LogP contribution in [0.2, 0.25) is 0 Å². The Labute approximate surface area is 161 Å². The van der Waals surface area contributed by atoms with E-state index in [0.29, 0.717) is 34.7 Å². The van der Waals surface area contributed by atoms with Crippen LogP contribution in [0.15, 0.2) is 25.4 Å². The summed E-state index contributed by atoms with van der Waals surface area (Å²) in [5, 5.41) is 7.77. The molecule has 0 N–H and O–H groups in total. The third-order valence-electron chi connectivity index (χ3n) is 4.71. The molecule has 0 radical (unpaired) electrons. The number of thiophene rings is 1. The number of hydrogen-bond donors (Lipinski definition) is 0. The average molecular weight is 409 g/mol. The smallest absolute Gasteiger partial charge is 0.253 e. The van der Waals surface area contributed by atoms with Gasteiger partial charge in [0.05, 0.1) is 11.3 Å². The van der Waals surface area contributed by atoms with E-state index in [1.54, 1.807) is 19.1 Å². The van der Waals surface area contributed by atoms with Crippen LogP contribution in [0, 0.1) is 20.8 Å². The number of hydrogen-bond acceptors (Lipinski definition) is 8. The molecule has 1 fully saturated rings. The molecule has 1 aliphatic heterocycles. The van der Waals surface area contributed by atoms with E-state index in [4.69, 9.17) is 9.05 Å². The number of aryl methyl sites for hydroxylation is 3. The number of piperidine rings is 1. The molecule has 1 aliphatic rings. The third kappa shape index (κ3) is 3.21. The molecule has 8 nitrogen and oxygen atoms in total. The summed E-state index contributed by atoms with van der Waals surface area (Å²) in [6.45, 7) is 5.83. The Kier molecular flexibility index (Phi) is 4.65. The van der Waals surface area contributed by atoms with Crippen LogP contribution >= 0.6 is 11.3 Å². The van der Waals surface area contributed by atoms with Gasteiger partial charge in [0.2, 0.25) is 5.89 Å². The second-order valence-corrected chi connectivity index (χ2v) is 9.83. The highest BCUT2D eigenvalue weighted by atomic mass is 32.2. The zero-order valence-electron chi connectivity index (χ0n) is 15.3. The van der Waals surface area contributed by atoms with Crippen molar-refractivity contribution in [2.24, 2.45) is 0 Å². The summed E-state index contributed by atoms with van der Waals surface area (Å²) >= 11 is 1.23. The lowest BCUT2D eigenvalue weighted by Crippen LogP contribution is -2.38. The summed E-state index contributed by atoms with van der Waals surface area (Å²) in [6, 6.07) is 3.03. The minimum absolute atomic E-state index is 0.292.